The molecule has 0 bridgehead atoms. The van der Waals surface area contributed by atoms with Gasteiger partial charge in [-0.1, -0.05) is 13.8 Å². The minimum atomic E-state index is -0.293. The second-order valence-electron chi connectivity index (χ2n) is 4.52. The number of hydrogen-bond donors (Lipinski definition) is 0. The molecule has 0 radical (unpaired) electrons. The van der Waals surface area contributed by atoms with E-state index in [4.69, 9.17) is 4.74 Å². The Morgan fingerprint density at radius 2 is 1.82 bits per heavy atom. The van der Waals surface area contributed by atoms with Gasteiger partial charge >= 0.3 is 5.97 Å². The Balaban J connectivity index is 2.58. The Bertz CT molecular complexity index is 270. The van der Waals surface area contributed by atoms with Crippen molar-refractivity contribution in [1.82, 2.24) is 4.90 Å². The molecule has 1 fully saturated rings. The summed E-state index contributed by atoms with van der Waals surface area (Å²) in [5, 5.41) is 0. The second kappa shape index (κ2) is 6.62. The molecule has 1 amide bonds. The van der Waals surface area contributed by atoms with Gasteiger partial charge in [0.25, 0.3) is 0 Å². The summed E-state index contributed by atoms with van der Waals surface area (Å²) >= 11 is 0. The van der Waals surface area contributed by atoms with Crippen molar-refractivity contribution in [3.63, 3.8) is 0 Å². The van der Waals surface area contributed by atoms with Gasteiger partial charge in [0.15, 0.2) is 0 Å². The van der Waals surface area contributed by atoms with Crippen LogP contribution in [0.5, 0.6) is 0 Å². The van der Waals surface area contributed by atoms with Crippen LogP contribution in [0.3, 0.4) is 0 Å². The first-order chi connectivity index (χ1) is 8.13. The molecule has 4 heteroatoms. The summed E-state index contributed by atoms with van der Waals surface area (Å²) in [6.45, 7) is 6.30. The van der Waals surface area contributed by atoms with Crippen LogP contribution in [0.1, 0.15) is 46.5 Å². The van der Waals surface area contributed by atoms with Crippen LogP contribution in [0.15, 0.2) is 0 Å². The third kappa shape index (κ3) is 4.02. The molecule has 0 unspecified atom stereocenters. The zero-order valence-corrected chi connectivity index (χ0v) is 11.1. The van der Waals surface area contributed by atoms with Crippen molar-refractivity contribution in [2.75, 3.05) is 13.2 Å². The molecule has 98 valence electrons. The van der Waals surface area contributed by atoms with Crippen molar-refractivity contribution in [2.45, 2.75) is 52.5 Å². The van der Waals surface area contributed by atoms with E-state index in [1.165, 1.54) is 0 Å². The van der Waals surface area contributed by atoms with Crippen LogP contribution in [-0.2, 0) is 14.3 Å². The lowest BCUT2D eigenvalue weighted by Crippen LogP contribution is -2.41. The van der Waals surface area contributed by atoms with Gasteiger partial charge < -0.3 is 9.64 Å². The van der Waals surface area contributed by atoms with Crippen LogP contribution in [-0.4, -0.2) is 36.0 Å². The first-order valence-electron chi connectivity index (χ1n) is 6.60. The molecule has 0 atom stereocenters. The topological polar surface area (TPSA) is 46.6 Å². The van der Waals surface area contributed by atoms with E-state index in [0.717, 1.165) is 25.7 Å². The molecule has 0 aliphatic heterocycles. The molecule has 0 spiro atoms. The molecule has 0 N–H and O–H groups in total. The lowest BCUT2D eigenvalue weighted by Gasteiger charge is -2.25. The van der Waals surface area contributed by atoms with Crippen LogP contribution in [0.25, 0.3) is 0 Å². The Morgan fingerprint density at radius 1 is 1.24 bits per heavy atom. The summed E-state index contributed by atoms with van der Waals surface area (Å²) in [4.78, 5) is 25.4. The van der Waals surface area contributed by atoms with Crippen LogP contribution in [0, 0.1) is 5.92 Å². The number of ether oxygens (including phenoxy) is 1. The summed E-state index contributed by atoms with van der Waals surface area (Å²) in [6.07, 6.45) is 3.71. The maximum Gasteiger partial charge on any atom is 0.325 e. The molecule has 0 saturated heterocycles. The molecular formula is C13H23NO3. The third-order valence-corrected chi connectivity index (χ3v) is 3.21. The van der Waals surface area contributed by atoms with E-state index in [1.807, 2.05) is 13.8 Å². The predicted octanol–water partition coefficient (Wildman–Crippen LogP) is 1.98. The van der Waals surface area contributed by atoms with Gasteiger partial charge in [0.1, 0.15) is 6.54 Å². The SMILES string of the molecule is CCOC(=O)CN(C(=O)C(CC)CC)C1CC1. The van der Waals surface area contributed by atoms with Crippen molar-refractivity contribution in [3.05, 3.63) is 0 Å². The first kappa shape index (κ1) is 14.0. The molecule has 1 saturated carbocycles. The molecule has 0 aromatic carbocycles. The van der Waals surface area contributed by atoms with Crippen molar-refractivity contribution >= 4 is 11.9 Å². The average molecular weight is 241 g/mol. The Labute approximate surface area is 103 Å². The fraction of sp³-hybridized carbons (Fsp3) is 0.846. The normalized spacial score (nSPS) is 14.8. The van der Waals surface area contributed by atoms with E-state index in [-0.39, 0.29) is 30.4 Å². The Hall–Kier alpha value is -1.06. The van der Waals surface area contributed by atoms with E-state index in [0.29, 0.717) is 6.61 Å². The number of esters is 1. The number of hydrogen-bond acceptors (Lipinski definition) is 3. The number of amides is 1. The van der Waals surface area contributed by atoms with Gasteiger partial charge in [-0.2, -0.15) is 0 Å². The molecule has 1 rings (SSSR count). The zero-order valence-electron chi connectivity index (χ0n) is 11.1. The van der Waals surface area contributed by atoms with E-state index in [1.54, 1.807) is 11.8 Å². The Kier molecular flexibility index (Phi) is 5.45. The van der Waals surface area contributed by atoms with Gasteiger partial charge in [-0.15, -0.1) is 0 Å². The molecule has 1 aliphatic rings. The van der Waals surface area contributed by atoms with Crippen molar-refractivity contribution in [3.8, 4) is 0 Å². The fourth-order valence-corrected chi connectivity index (χ4v) is 1.99. The number of nitrogens with zero attached hydrogens (tertiary/aromatic N) is 1. The molecular weight excluding hydrogens is 218 g/mol. The van der Waals surface area contributed by atoms with Crippen molar-refractivity contribution in [2.24, 2.45) is 5.92 Å². The van der Waals surface area contributed by atoms with Gasteiger partial charge in [0.05, 0.1) is 6.61 Å². The average Bonchev–Trinajstić information content (AvgIpc) is 3.11. The highest BCUT2D eigenvalue weighted by Gasteiger charge is 2.36. The first-order valence-corrected chi connectivity index (χ1v) is 6.60. The van der Waals surface area contributed by atoms with E-state index in [2.05, 4.69) is 0 Å². The number of carbonyl (C=O) groups is 2. The summed E-state index contributed by atoms with van der Waals surface area (Å²) in [5.41, 5.74) is 0. The molecule has 0 aromatic heterocycles. The molecule has 0 aromatic rings. The minimum absolute atomic E-state index is 0.0463. The van der Waals surface area contributed by atoms with Gasteiger partial charge in [0, 0.05) is 12.0 Å². The van der Waals surface area contributed by atoms with Crippen LogP contribution < -0.4 is 0 Å². The maximum atomic E-state index is 12.2. The second-order valence-corrected chi connectivity index (χ2v) is 4.52. The van der Waals surface area contributed by atoms with Crippen LogP contribution in [0.2, 0.25) is 0 Å². The summed E-state index contributed by atoms with van der Waals surface area (Å²) in [5.74, 6) is -0.130. The lowest BCUT2D eigenvalue weighted by molar-refractivity contribution is -0.150. The van der Waals surface area contributed by atoms with Crippen LogP contribution in [0.4, 0.5) is 0 Å². The standard InChI is InChI=1S/C13H23NO3/c1-4-10(5-2)13(16)14(11-7-8-11)9-12(15)17-6-3/h10-11H,4-9H2,1-3H3. The largest absolute Gasteiger partial charge is 0.465 e. The van der Waals surface area contributed by atoms with E-state index >= 15 is 0 Å². The quantitative estimate of drug-likeness (QED) is 0.640. The highest BCUT2D eigenvalue weighted by atomic mass is 16.5. The Morgan fingerprint density at radius 3 is 2.24 bits per heavy atom. The smallest absolute Gasteiger partial charge is 0.325 e. The van der Waals surface area contributed by atoms with Gasteiger partial charge in [0.2, 0.25) is 5.91 Å². The molecule has 4 nitrogen and oxygen atoms in total. The highest BCUT2D eigenvalue weighted by molar-refractivity contribution is 5.84. The highest BCUT2D eigenvalue weighted by Crippen LogP contribution is 2.29. The zero-order chi connectivity index (χ0) is 12.8. The van der Waals surface area contributed by atoms with Gasteiger partial charge in [-0.3, -0.25) is 9.59 Å². The van der Waals surface area contributed by atoms with Crippen molar-refractivity contribution in [1.29, 1.82) is 0 Å². The number of rotatable bonds is 7. The molecule has 17 heavy (non-hydrogen) atoms. The summed E-state index contributed by atoms with van der Waals surface area (Å²) in [6, 6.07) is 0.271. The third-order valence-electron chi connectivity index (χ3n) is 3.21. The number of carbonyl (C=O) groups excluding carboxylic acids is 2. The lowest BCUT2D eigenvalue weighted by atomic mass is 10.0. The maximum absolute atomic E-state index is 12.2. The molecule has 0 heterocycles. The minimum Gasteiger partial charge on any atom is -0.465 e. The fourth-order valence-electron chi connectivity index (χ4n) is 1.99. The van der Waals surface area contributed by atoms with Gasteiger partial charge in [-0.25, -0.2) is 0 Å². The van der Waals surface area contributed by atoms with Gasteiger partial charge in [-0.05, 0) is 32.6 Å². The summed E-state index contributed by atoms with van der Waals surface area (Å²) in [7, 11) is 0. The monoisotopic (exact) mass is 241 g/mol. The van der Waals surface area contributed by atoms with E-state index in [9.17, 15) is 9.59 Å². The molecule has 1 aliphatic carbocycles. The summed E-state index contributed by atoms with van der Waals surface area (Å²) < 4.78 is 4.91. The van der Waals surface area contributed by atoms with Crippen LogP contribution >= 0.6 is 0 Å². The van der Waals surface area contributed by atoms with E-state index < -0.39 is 0 Å². The predicted molar refractivity (Wildman–Crippen MR) is 65.4 cm³/mol. The van der Waals surface area contributed by atoms with Crippen molar-refractivity contribution < 1.29 is 14.3 Å².